The predicted octanol–water partition coefficient (Wildman–Crippen LogP) is 17.6. The number of fused-ring (bicyclic) bond motifs is 12. The maximum atomic E-state index is 7.17. The number of hydrogen-bond acceptors (Lipinski definition) is 3. The molecule has 11 aromatic carbocycles. The lowest BCUT2D eigenvalue weighted by Gasteiger charge is -2.22. The van der Waals surface area contributed by atoms with Crippen molar-refractivity contribution in [3.05, 3.63) is 247 Å². The van der Waals surface area contributed by atoms with Crippen molar-refractivity contribution in [1.29, 1.82) is 0 Å². The van der Waals surface area contributed by atoms with Crippen LogP contribution < -0.4 is 0 Å². The van der Waals surface area contributed by atoms with Gasteiger partial charge in [-0.2, -0.15) is 0 Å². The molecule has 1 atom stereocenters. The number of para-hydroxylation sites is 3. The summed E-state index contributed by atoms with van der Waals surface area (Å²) in [6.45, 7) is 2.32. The lowest BCUT2D eigenvalue weighted by atomic mass is 9.90. The van der Waals surface area contributed by atoms with Crippen molar-refractivity contribution in [2.45, 2.75) is 13.3 Å². The number of rotatable bonds is 5. The molecule has 338 valence electrons. The van der Waals surface area contributed by atoms with Gasteiger partial charge in [0.05, 0.1) is 44.7 Å². The summed E-state index contributed by atoms with van der Waals surface area (Å²) in [6.07, 6.45) is 3.04. The minimum absolute atomic E-state index is 0.0716. The van der Waals surface area contributed by atoms with Crippen molar-refractivity contribution in [2.24, 2.45) is 15.9 Å². The van der Waals surface area contributed by atoms with E-state index in [2.05, 4.69) is 247 Å². The molecule has 1 unspecified atom stereocenters. The van der Waals surface area contributed by atoms with E-state index in [1.807, 2.05) is 0 Å². The molecule has 0 amide bonds. The van der Waals surface area contributed by atoms with E-state index in [4.69, 9.17) is 14.4 Å². The minimum atomic E-state index is -0.0716. The van der Waals surface area contributed by atoms with E-state index in [1.54, 1.807) is 0 Å². The van der Waals surface area contributed by atoms with Crippen LogP contribution in [0.25, 0.3) is 115 Å². The molecule has 0 radical (unpaired) electrons. The molecular formula is C67H44N4O. The van der Waals surface area contributed by atoms with E-state index in [-0.39, 0.29) is 5.92 Å². The first kappa shape index (κ1) is 40.6. The molecule has 4 heterocycles. The van der Waals surface area contributed by atoms with Crippen LogP contribution in [0.4, 0.5) is 0 Å². The summed E-state index contributed by atoms with van der Waals surface area (Å²) in [5.41, 5.74) is 13.1. The fraction of sp³-hybridized carbons (Fsp3) is 0.0448. The minimum Gasteiger partial charge on any atom is -0.455 e. The van der Waals surface area contributed by atoms with Crippen molar-refractivity contribution in [2.75, 3.05) is 0 Å². The Balaban J connectivity index is 1.08. The first-order valence-electron chi connectivity index (χ1n) is 24.9. The predicted molar refractivity (Wildman–Crippen MR) is 303 cm³/mol. The Morgan fingerprint density at radius 2 is 1.01 bits per heavy atom. The van der Waals surface area contributed by atoms with Crippen LogP contribution in [0.2, 0.25) is 0 Å². The number of aromatic nitrogens is 2. The van der Waals surface area contributed by atoms with Gasteiger partial charge in [0.2, 0.25) is 0 Å². The lowest BCUT2D eigenvalue weighted by molar-refractivity contribution is 0.666. The van der Waals surface area contributed by atoms with Gasteiger partial charge in [0.1, 0.15) is 11.2 Å². The van der Waals surface area contributed by atoms with E-state index < -0.39 is 0 Å². The van der Waals surface area contributed by atoms with Crippen LogP contribution >= 0.6 is 0 Å². The van der Waals surface area contributed by atoms with Crippen LogP contribution in [-0.4, -0.2) is 20.7 Å². The van der Waals surface area contributed by atoms with Gasteiger partial charge in [0.15, 0.2) is 5.84 Å². The highest BCUT2D eigenvalue weighted by molar-refractivity contribution is 6.27. The van der Waals surface area contributed by atoms with Crippen molar-refractivity contribution in [3.8, 4) is 11.4 Å². The second kappa shape index (κ2) is 15.9. The Morgan fingerprint density at radius 1 is 0.431 bits per heavy atom. The molecule has 0 bridgehead atoms. The third-order valence-electron chi connectivity index (χ3n) is 15.1. The Hall–Kier alpha value is -9.32. The topological polar surface area (TPSA) is 47.7 Å². The van der Waals surface area contributed by atoms with Gasteiger partial charge in [-0.25, -0.2) is 9.98 Å². The first-order chi connectivity index (χ1) is 35.6. The number of furan rings is 1. The maximum Gasteiger partial charge on any atom is 0.160 e. The van der Waals surface area contributed by atoms with Crippen molar-refractivity contribution < 1.29 is 4.42 Å². The molecule has 0 fully saturated rings. The molecule has 0 saturated heterocycles. The number of nitrogens with zero attached hydrogens (tertiary/aromatic N) is 4. The molecule has 0 spiro atoms. The Kier molecular flexibility index (Phi) is 8.93. The molecule has 72 heavy (non-hydrogen) atoms. The smallest absolute Gasteiger partial charge is 0.160 e. The van der Waals surface area contributed by atoms with Crippen LogP contribution in [-0.2, 0) is 0 Å². The van der Waals surface area contributed by atoms with Gasteiger partial charge in [-0.3, -0.25) is 0 Å². The lowest BCUT2D eigenvalue weighted by Crippen LogP contribution is -2.19. The maximum absolute atomic E-state index is 7.17. The molecule has 0 saturated carbocycles. The van der Waals surface area contributed by atoms with Crippen LogP contribution in [0.3, 0.4) is 0 Å². The highest BCUT2D eigenvalue weighted by Gasteiger charge is 2.29. The zero-order valence-corrected chi connectivity index (χ0v) is 39.4. The van der Waals surface area contributed by atoms with E-state index in [0.29, 0.717) is 12.3 Å². The zero-order valence-electron chi connectivity index (χ0n) is 39.4. The Morgan fingerprint density at radius 3 is 1.76 bits per heavy atom. The molecule has 0 N–H and O–H groups in total. The molecule has 3 aromatic heterocycles. The largest absolute Gasteiger partial charge is 0.455 e. The third kappa shape index (κ3) is 6.14. The number of hydrogen-bond donors (Lipinski definition) is 0. The summed E-state index contributed by atoms with van der Waals surface area (Å²) in [7, 11) is 0. The summed E-state index contributed by atoms with van der Waals surface area (Å²) in [5, 5.41) is 13.9. The molecule has 5 heteroatoms. The molecule has 14 aromatic rings. The number of amidine groups is 1. The Bertz CT molecular complexity index is 4580. The van der Waals surface area contributed by atoms with Gasteiger partial charge < -0.3 is 13.6 Å². The summed E-state index contributed by atoms with van der Waals surface area (Å²) in [5.74, 6) is 0.577. The normalized spacial score (nSPS) is 16.7. The van der Waals surface area contributed by atoms with Crippen molar-refractivity contribution >= 4 is 115 Å². The summed E-state index contributed by atoms with van der Waals surface area (Å²) >= 11 is 0. The SMILES string of the molecule is CC1C/C=C(c2cccc3ccccc23)/N=C(c2cccc3c2c2ccccc2n3-c2ccccc2)\N=C/1c1c(-n2c3cc4ccccc4cc3c3cc4ccccc4cc32)ccc2c1oc1ccccc12. The van der Waals surface area contributed by atoms with Gasteiger partial charge in [-0.1, -0.05) is 171 Å². The highest BCUT2D eigenvalue weighted by Crippen LogP contribution is 2.43. The van der Waals surface area contributed by atoms with Crippen molar-refractivity contribution in [3.63, 3.8) is 0 Å². The molecule has 0 aliphatic carbocycles. The first-order valence-corrected chi connectivity index (χ1v) is 24.9. The van der Waals surface area contributed by atoms with Crippen LogP contribution in [0.1, 0.15) is 30.0 Å². The number of benzene rings is 11. The molecule has 5 nitrogen and oxygen atoms in total. The van der Waals surface area contributed by atoms with Gasteiger partial charge >= 0.3 is 0 Å². The van der Waals surface area contributed by atoms with Gasteiger partial charge in [-0.05, 0) is 105 Å². The fourth-order valence-corrected chi connectivity index (χ4v) is 11.8. The van der Waals surface area contributed by atoms with Crippen molar-refractivity contribution in [1.82, 2.24) is 9.13 Å². The molecule has 1 aliphatic heterocycles. The fourth-order valence-electron chi connectivity index (χ4n) is 11.8. The summed E-state index contributed by atoms with van der Waals surface area (Å²) in [4.78, 5) is 11.8. The number of aliphatic imine (C=N–C) groups is 2. The average molecular weight is 921 g/mol. The summed E-state index contributed by atoms with van der Waals surface area (Å²) in [6, 6.07) is 80.9. The zero-order chi connectivity index (χ0) is 47.4. The van der Waals surface area contributed by atoms with Gasteiger partial charge in [0, 0.05) is 55.0 Å². The van der Waals surface area contributed by atoms with Gasteiger partial charge in [-0.15, -0.1) is 0 Å². The standard InChI is InChI=1S/C67H44N4O/c1-41-33-35-56(49-28-15-22-42-17-9-10-25-48(42)49)68-67(53-29-16-31-58-63(53)52-27-11-13-30-57(52)70(58)47-23-3-2-4-24-47)69-65(41)64-59(36-34-51-50-26-12-14-32-62(50)72-66(51)64)71-60-39-45-20-7-5-18-43(45)37-54(60)55-38-44-19-6-8-21-46(44)40-61(55)71/h2-32,34-41H,33H2,1H3/b56-35+,68-67-,69-65+. The second-order valence-corrected chi connectivity index (χ2v) is 19.3. The molecule has 15 rings (SSSR count). The van der Waals surface area contributed by atoms with Crippen LogP contribution in [0, 0.1) is 5.92 Å². The quantitative estimate of drug-likeness (QED) is 0.170. The average Bonchev–Trinajstić information content (AvgIpc) is 4.08. The van der Waals surface area contributed by atoms with Crippen LogP contribution in [0.5, 0.6) is 0 Å². The Labute approximate surface area is 414 Å². The third-order valence-corrected chi connectivity index (χ3v) is 15.1. The van der Waals surface area contributed by atoms with E-state index in [9.17, 15) is 0 Å². The van der Waals surface area contributed by atoms with E-state index in [1.165, 1.54) is 37.7 Å². The summed E-state index contributed by atoms with van der Waals surface area (Å²) < 4.78 is 12.0. The number of allylic oxidation sites excluding steroid dienone is 1. The molecule has 1 aliphatic rings. The monoisotopic (exact) mass is 920 g/mol. The van der Waals surface area contributed by atoms with E-state index in [0.717, 1.165) is 99.6 Å². The van der Waals surface area contributed by atoms with E-state index >= 15 is 0 Å². The van der Waals surface area contributed by atoms with Gasteiger partial charge in [0.25, 0.3) is 0 Å². The molecular weight excluding hydrogens is 877 g/mol. The second-order valence-electron chi connectivity index (χ2n) is 19.3. The highest BCUT2D eigenvalue weighted by atomic mass is 16.3. The van der Waals surface area contributed by atoms with Crippen LogP contribution in [0.15, 0.2) is 245 Å².